The number of aromatic amines is 1. The van der Waals surface area contributed by atoms with Crippen molar-refractivity contribution in [3.8, 4) is 0 Å². The van der Waals surface area contributed by atoms with Gasteiger partial charge in [-0.15, -0.1) is 0 Å². The van der Waals surface area contributed by atoms with Crippen LogP contribution in [0.15, 0.2) is 29.2 Å². The lowest BCUT2D eigenvalue weighted by Crippen LogP contribution is -2.06. The average Bonchev–Trinajstić information content (AvgIpc) is 2.12. The van der Waals surface area contributed by atoms with Crippen molar-refractivity contribution in [3.05, 3.63) is 44.0 Å². The van der Waals surface area contributed by atoms with Crippen LogP contribution in [0.1, 0.15) is 0 Å². The Morgan fingerprint density at radius 1 is 1.38 bits per heavy atom. The lowest BCUT2D eigenvalue weighted by atomic mass is 10.2. The Morgan fingerprint density at radius 2 is 2.15 bits per heavy atom. The minimum atomic E-state index is -0.343. The highest BCUT2D eigenvalue weighted by molar-refractivity contribution is 14.1. The van der Waals surface area contributed by atoms with Crippen molar-refractivity contribution >= 4 is 33.5 Å². The summed E-state index contributed by atoms with van der Waals surface area (Å²) in [5.74, 6) is -0.343. The molecule has 0 spiro atoms. The fraction of sp³-hybridized carbons (Fsp3) is 0. The molecule has 0 saturated carbocycles. The maximum Gasteiger partial charge on any atom is 0.202 e. The molecule has 0 bridgehead atoms. The van der Waals surface area contributed by atoms with Gasteiger partial charge in [0, 0.05) is 11.6 Å². The van der Waals surface area contributed by atoms with Crippen LogP contribution < -0.4 is 5.43 Å². The Labute approximate surface area is 86.9 Å². The maximum absolute atomic E-state index is 12.7. The summed E-state index contributed by atoms with van der Waals surface area (Å²) in [6, 6.07) is 4.09. The normalized spacial score (nSPS) is 10.6. The topological polar surface area (TPSA) is 32.9 Å². The third-order valence-electron chi connectivity index (χ3n) is 1.80. The van der Waals surface area contributed by atoms with Crippen LogP contribution in [0.3, 0.4) is 0 Å². The molecule has 0 aliphatic rings. The fourth-order valence-corrected chi connectivity index (χ4v) is 1.62. The Kier molecular flexibility index (Phi) is 2.07. The summed E-state index contributed by atoms with van der Waals surface area (Å²) in [5, 5.41) is 0.522. The van der Waals surface area contributed by atoms with E-state index in [2.05, 4.69) is 4.98 Å². The van der Waals surface area contributed by atoms with E-state index in [1.54, 1.807) is 6.20 Å². The first-order valence-corrected chi connectivity index (χ1v) is 4.73. The molecule has 2 nitrogen and oxygen atoms in total. The van der Waals surface area contributed by atoms with Gasteiger partial charge in [-0.2, -0.15) is 0 Å². The summed E-state index contributed by atoms with van der Waals surface area (Å²) in [5.41, 5.74) is 0.472. The van der Waals surface area contributed by atoms with Gasteiger partial charge in [-0.3, -0.25) is 4.79 Å². The standard InChI is InChI=1S/C9H5FINO/c10-5-1-2-6-8(3-5)12-4-7(11)9(6)13/h1-4H,(H,12,13). The highest BCUT2D eigenvalue weighted by atomic mass is 127. The summed E-state index contributed by atoms with van der Waals surface area (Å²) in [6.07, 6.45) is 1.57. The van der Waals surface area contributed by atoms with E-state index in [-0.39, 0.29) is 11.2 Å². The van der Waals surface area contributed by atoms with Crippen LogP contribution in [-0.2, 0) is 0 Å². The Hall–Kier alpha value is -0.910. The molecule has 0 radical (unpaired) electrons. The van der Waals surface area contributed by atoms with Crippen LogP contribution in [0, 0.1) is 9.39 Å². The van der Waals surface area contributed by atoms with Crippen molar-refractivity contribution in [3.63, 3.8) is 0 Å². The molecule has 1 aromatic heterocycles. The molecular weight excluding hydrogens is 284 g/mol. The Balaban J connectivity index is 2.95. The maximum atomic E-state index is 12.7. The third-order valence-corrected chi connectivity index (χ3v) is 2.60. The number of halogens is 2. The number of pyridine rings is 1. The summed E-state index contributed by atoms with van der Waals surface area (Å²) in [7, 11) is 0. The molecule has 0 unspecified atom stereocenters. The van der Waals surface area contributed by atoms with Crippen LogP contribution in [-0.4, -0.2) is 4.98 Å². The molecule has 0 aliphatic carbocycles. The highest BCUT2D eigenvalue weighted by Crippen LogP contribution is 2.10. The molecule has 0 amide bonds. The van der Waals surface area contributed by atoms with Crippen molar-refractivity contribution in [2.45, 2.75) is 0 Å². The second-order valence-corrected chi connectivity index (χ2v) is 3.82. The van der Waals surface area contributed by atoms with Gasteiger partial charge in [0.1, 0.15) is 5.82 Å². The molecule has 66 valence electrons. The quantitative estimate of drug-likeness (QED) is 0.741. The van der Waals surface area contributed by atoms with Crippen LogP contribution in [0.4, 0.5) is 4.39 Å². The molecule has 4 heteroatoms. The van der Waals surface area contributed by atoms with Crippen molar-refractivity contribution in [1.82, 2.24) is 4.98 Å². The first-order valence-electron chi connectivity index (χ1n) is 3.65. The number of H-pyrrole nitrogens is 1. The molecule has 0 saturated heterocycles. The van der Waals surface area contributed by atoms with E-state index in [9.17, 15) is 9.18 Å². The van der Waals surface area contributed by atoms with Gasteiger partial charge in [-0.25, -0.2) is 4.39 Å². The average molecular weight is 289 g/mol. The minimum Gasteiger partial charge on any atom is -0.360 e. The molecule has 13 heavy (non-hydrogen) atoms. The van der Waals surface area contributed by atoms with Crippen LogP contribution in [0.25, 0.3) is 10.9 Å². The first kappa shape index (κ1) is 8.68. The van der Waals surface area contributed by atoms with Gasteiger partial charge in [0.25, 0.3) is 0 Å². The molecule has 0 atom stereocenters. The lowest BCUT2D eigenvalue weighted by Gasteiger charge is -1.97. The smallest absolute Gasteiger partial charge is 0.202 e. The van der Waals surface area contributed by atoms with Crippen LogP contribution in [0.5, 0.6) is 0 Å². The highest BCUT2D eigenvalue weighted by Gasteiger charge is 2.02. The van der Waals surface area contributed by atoms with E-state index in [1.165, 1.54) is 18.2 Å². The summed E-state index contributed by atoms with van der Waals surface area (Å²) < 4.78 is 13.4. The van der Waals surface area contributed by atoms with Gasteiger partial charge in [0.2, 0.25) is 5.43 Å². The first-order chi connectivity index (χ1) is 6.18. The summed E-state index contributed by atoms with van der Waals surface area (Å²) in [6.45, 7) is 0. The fourth-order valence-electron chi connectivity index (χ4n) is 1.17. The number of hydrogen-bond donors (Lipinski definition) is 1. The predicted molar refractivity (Wildman–Crippen MR) is 57.2 cm³/mol. The molecule has 2 aromatic rings. The number of nitrogens with one attached hydrogen (secondary N) is 1. The van der Waals surface area contributed by atoms with Gasteiger partial charge in [0.05, 0.1) is 9.09 Å². The SMILES string of the molecule is O=c1c(I)c[nH]c2cc(F)ccc12. The van der Waals surface area contributed by atoms with E-state index in [4.69, 9.17) is 0 Å². The van der Waals surface area contributed by atoms with Crippen molar-refractivity contribution < 1.29 is 4.39 Å². The molecule has 1 heterocycles. The van der Waals surface area contributed by atoms with Crippen molar-refractivity contribution in [2.24, 2.45) is 0 Å². The van der Waals surface area contributed by atoms with Crippen molar-refractivity contribution in [2.75, 3.05) is 0 Å². The van der Waals surface area contributed by atoms with Gasteiger partial charge >= 0.3 is 0 Å². The molecular formula is C9H5FINO. The van der Waals surface area contributed by atoms with E-state index in [1.807, 2.05) is 22.6 Å². The van der Waals surface area contributed by atoms with Gasteiger partial charge in [0.15, 0.2) is 0 Å². The Bertz CT molecular complexity index is 520. The number of aromatic nitrogens is 1. The van der Waals surface area contributed by atoms with Gasteiger partial charge in [-0.05, 0) is 40.8 Å². The molecule has 1 N–H and O–H groups in total. The largest absolute Gasteiger partial charge is 0.360 e. The second kappa shape index (κ2) is 3.10. The lowest BCUT2D eigenvalue weighted by molar-refractivity contribution is 0.629. The number of fused-ring (bicyclic) bond motifs is 1. The van der Waals surface area contributed by atoms with Crippen LogP contribution in [0.2, 0.25) is 0 Å². The van der Waals surface area contributed by atoms with E-state index < -0.39 is 0 Å². The monoisotopic (exact) mass is 289 g/mol. The molecule has 0 aliphatic heterocycles. The van der Waals surface area contributed by atoms with E-state index in [0.717, 1.165) is 0 Å². The summed E-state index contributed by atoms with van der Waals surface area (Å²) in [4.78, 5) is 14.3. The van der Waals surface area contributed by atoms with Crippen molar-refractivity contribution in [1.29, 1.82) is 0 Å². The predicted octanol–water partition coefficient (Wildman–Crippen LogP) is 2.27. The minimum absolute atomic E-state index is 0.0608. The number of hydrogen-bond acceptors (Lipinski definition) is 1. The molecule has 0 fully saturated rings. The summed E-state index contributed by atoms with van der Waals surface area (Å²) >= 11 is 1.94. The zero-order valence-electron chi connectivity index (χ0n) is 6.47. The number of benzene rings is 1. The molecule has 1 aromatic carbocycles. The zero-order chi connectivity index (χ0) is 9.42. The Morgan fingerprint density at radius 3 is 2.92 bits per heavy atom. The van der Waals surface area contributed by atoms with Crippen LogP contribution >= 0.6 is 22.6 Å². The van der Waals surface area contributed by atoms with E-state index in [0.29, 0.717) is 14.5 Å². The number of rotatable bonds is 0. The third kappa shape index (κ3) is 1.46. The molecule has 2 rings (SSSR count). The second-order valence-electron chi connectivity index (χ2n) is 2.66. The van der Waals surface area contributed by atoms with Gasteiger partial charge < -0.3 is 4.98 Å². The van der Waals surface area contributed by atoms with E-state index >= 15 is 0 Å². The van der Waals surface area contributed by atoms with Gasteiger partial charge in [-0.1, -0.05) is 0 Å². The zero-order valence-corrected chi connectivity index (χ0v) is 8.63.